The Balaban J connectivity index is 2.82. The van der Waals surface area contributed by atoms with Gasteiger partial charge in [0.15, 0.2) is 0 Å². The summed E-state index contributed by atoms with van der Waals surface area (Å²) in [7, 11) is 0. The molecule has 0 atom stereocenters. The van der Waals surface area contributed by atoms with Gasteiger partial charge in [-0.25, -0.2) is 0 Å². The van der Waals surface area contributed by atoms with Crippen molar-refractivity contribution in [3.8, 4) is 0 Å². The van der Waals surface area contributed by atoms with Crippen molar-refractivity contribution in [3.05, 3.63) is 39.6 Å². The van der Waals surface area contributed by atoms with E-state index in [2.05, 4.69) is 71.3 Å². The number of fused-ring (bicyclic) bond motifs is 1. The number of hydrogen-bond donors (Lipinski definition) is 0. The third kappa shape index (κ3) is 1.63. The Labute approximate surface area is 97.9 Å². The minimum atomic E-state index is 1.03. The number of benzene rings is 1. The molecule has 0 amide bonds. The summed E-state index contributed by atoms with van der Waals surface area (Å²) in [5, 5.41) is 1.33. The first-order valence-corrected chi connectivity index (χ1v) is 5.89. The number of pyridine rings is 1. The predicted molar refractivity (Wildman–Crippen MR) is 67.3 cm³/mol. The highest BCUT2D eigenvalue weighted by Gasteiger charge is 2.10. The van der Waals surface area contributed by atoms with Crippen LogP contribution in [0.3, 0.4) is 0 Å². The molecule has 2 rings (SSSR count). The molecule has 0 spiro atoms. The van der Waals surface area contributed by atoms with E-state index in [-0.39, 0.29) is 0 Å². The topological polar surface area (TPSA) is 3.88 Å². The maximum atomic E-state index is 2.38. The molecule has 0 unspecified atom stereocenters. The molecule has 0 N–H and O–H groups in total. The van der Waals surface area contributed by atoms with E-state index in [1.807, 2.05) is 0 Å². The minimum Gasteiger partial charge on any atom is -0.187 e. The van der Waals surface area contributed by atoms with Gasteiger partial charge >= 0.3 is 0 Å². The number of aromatic nitrogens is 1. The van der Waals surface area contributed by atoms with Gasteiger partial charge in [-0.05, 0) is 26.0 Å². The maximum absolute atomic E-state index is 2.38. The molecule has 2 aromatic rings. The fourth-order valence-electron chi connectivity index (χ4n) is 1.74. The monoisotopic (exact) mass is 298 g/mol. The molecule has 14 heavy (non-hydrogen) atoms. The van der Waals surface area contributed by atoms with Crippen molar-refractivity contribution in [3.63, 3.8) is 0 Å². The van der Waals surface area contributed by atoms with Crippen LogP contribution < -0.4 is 4.57 Å². The van der Waals surface area contributed by atoms with Gasteiger partial charge in [0.05, 0.1) is 0 Å². The van der Waals surface area contributed by atoms with Crippen molar-refractivity contribution >= 4 is 33.5 Å². The molecule has 1 aromatic heterocycles. The zero-order valence-corrected chi connectivity index (χ0v) is 10.6. The molecule has 72 valence electrons. The first kappa shape index (κ1) is 9.90. The van der Waals surface area contributed by atoms with Crippen LogP contribution in [0.25, 0.3) is 10.9 Å². The molecule has 0 aliphatic heterocycles. The minimum absolute atomic E-state index is 1.03. The molecule has 1 nitrogen and oxygen atoms in total. The van der Waals surface area contributed by atoms with E-state index >= 15 is 0 Å². The highest BCUT2D eigenvalue weighted by molar-refractivity contribution is 14.1. The lowest BCUT2D eigenvalue weighted by Gasteiger charge is -2.01. The number of nitrogens with zero attached hydrogens (tertiary/aromatic N) is 1. The van der Waals surface area contributed by atoms with Crippen molar-refractivity contribution in [2.24, 2.45) is 0 Å². The summed E-state index contributed by atoms with van der Waals surface area (Å²) in [6.45, 7) is 5.34. The van der Waals surface area contributed by atoms with E-state index in [0.717, 1.165) is 6.54 Å². The summed E-state index contributed by atoms with van der Waals surface area (Å²) >= 11 is 2.38. The normalized spacial score (nSPS) is 10.8. The Kier molecular flexibility index (Phi) is 2.72. The summed E-state index contributed by atoms with van der Waals surface area (Å²) in [5.41, 5.74) is 2.64. The zero-order valence-electron chi connectivity index (χ0n) is 8.42. The highest BCUT2D eigenvalue weighted by Crippen LogP contribution is 2.13. The van der Waals surface area contributed by atoms with Crippen molar-refractivity contribution in [1.29, 1.82) is 0 Å². The van der Waals surface area contributed by atoms with E-state index in [1.165, 1.54) is 20.2 Å². The SMILES string of the molecule is CC[n+]1c(I)ccc2cc(C)ccc21. The van der Waals surface area contributed by atoms with Gasteiger partial charge in [-0.3, -0.25) is 0 Å². The van der Waals surface area contributed by atoms with Gasteiger partial charge in [-0.2, -0.15) is 4.57 Å². The number of rotatable bonds is 1. The van der Waals surface area contributed by atoms with E-state index < -0.39 is 0 Å². The number of aryl methyl sites for hydroxylation is 2. The predicted octanol–water partition coefficient (Wildman–Crippen LogP) is 3.06. The van der Waals surface area contributed by atoms with Gasteiger partial charge in [0.25, 0.3) is 0 Å². The van der Waals surface area contributed by atoms with Crippen LogP contribution in [0.2, 0.25) is 0 Å². The smallest absolute Gasteiger partial charge is 0.187 e. The van der Waals surface area contributed by atoms with Crippen molar-refractivity contribution < 1.29 is 4.57 Å². The van der Waals surface area contributed by atoms with Crippen molar-refractivity contribution in [2.45, 2.75) is 20.4 Å². The lowest BCUT2D eigenvalue weighted by Crippen LogP contribution is -2.36. The lowest BCUT2D eigenvalue weighted by molar-refractivity contribution is -0.680. The van der Waals surface area contributed by atoms with Crippen LogP contribution in [0.4, 0.5) is 0 Å². The van der Waals surface area contributed by atoms with Gasteiger partial charge in [0.1, 0.15) is 6.54 Å². The average molecular weight is 298 g/mol. The van der Waals surface area contributed by atoms with E-state index in [1.54, 1.807) is 0 Å². The summed E-state index contributed by atoms with van der Waals surface area (Å²) < 4.78 is 3.62. The van der Waals surface area contributed by atoms with E-state index in [0.29, 0.717) is 0 Å². The molecule has 1 heterocycles. The summed E-state index contributed by atoms with van der Waals surface area (Å²) in [4.78, 5) is 0. The largest absolute Gasteiger partial charge is 0.241 e. The Morgan fingerprint density at radius 2 is 2.00 bits per heavy atom. The second-order valence-corrected chi connectivity index (χ2v) is 4.57. The van der Waals surface area contributed by atoms with Gasteiger partial charge < -0.3 is 0 Å². The molecule has 0 saturated heterocycles. The third-order valence-corrected chi connectivity index (χ3v) is 3.39. The van der Waals surface area contributed by atoms with Crippen LogP contribution in [0.1, 0.15) is 12.5 Å². The van der Waals surface area contributed by atoms with Gasteiger partial charge in [-0.1, -0.05) is 11.6 Å². The molecule has 1 aromatic carbocycles. The molecule has 0 aliphatic rings. The second kappa shape index (κ2) is 3.85. The first-order valence-electron chi connectivity index (χ1n) is 4.81. The molecule has 0 bridgehead atoms. The fourth-order valence-corrected chi connectivity index (χ4v) is 2.52. The fraction of sp³-hybridized carbons (Fsp3) is 0.250. The van der Waals surface area contributed by atoms with Crippen LogP contribution in [0.15, 0.2) is 30.3 Å². The standard InChI is InChI=1S/C12H13IN/c1-3-14-11-6-4-9(2)8-10(11)5-7-12(14)13/h4-8H,3H2,1-2H3/q+1. The highest BCUT2D eigenvalue weighted by atomic mass is 127. The number of halogens is 1. The first-order chi connectivity index (χ1) is 6.72. The van der Waals surface area contributed by atoms with Crippen molar-refractivity contribution in [2.75, 3.05) is 0 Å². The quantitative estimate of drug-likeness (QED) is 0.433. The molecule has 0 saturated carbocycles. The van der Waals surface area contributed by atoms with Gasteiger partial charge in [0.2, 0.25) is 9.22 Å². The molecule has 0 aliphatic carbocycles. The molecule has 0 fully saturated rings. The van der Waals surface area contributed by atoms with Gasteiger partial charge in [-0.15, -0.1) is 0 Å². The van der Waals surface area contributed by atoms with Crippen LogP contribution in [0, 0.1) is 10.6 Å². The summed E-state index contributed by atoms with van der Waals surface area (Å²) in [6.07, 6.45) is 0. The Morgan fingerprint density at radius 3 is 2.71 bits per heavy atom. The molecular weight excluding hydrogens is 285 g/mol. The Hall–Kier alpha value is -0.640. The summed E-state index contributed by atoms with van der Waals surface area (Å²) in [6, 6.07) is 11.0. The van der Waals surface area contributed by atoms with E-state index in [9.17, 15) is 0 Å². The van der Waals surface area contributed by atoms with E-state index in [4.69, 9.17) is 0 Å². The Bertz CT molecular complexity index is 477. The number of hydrogen-bond acceptors (Lipinski definition) is 0. The average Bonchev–Trinajstić information content (AvgIpc) is 2.18. The lowest BCUT2D eigenvalue weighted by atomic mass is 10.1. The molecular formula is C12H13IN+. The Morgan fingerprint density at radius 1 is 1.21 bits per heavy atom. The van der Waals surface area contributed by atoms with Crippen LogP contribution in [-0.2, 0) is 6.54 Å². The third-order valence-electron chi connectivity index (χ3n) is 2.45. The summed E-state index contributed by atoms with van der Waals surface area (Å²) in [5.74, 6) is 0. The van der Waals surface area contributed by atoms with Crippen LogP contribution in [0.5, 0.6) is 0 Å². The molecule has 0 radical (unpaired) electrons. The molecule has 2 heteroatoms. The zero-order chi connectivity index (χ0) is 10.1. The van der Waals surface area contributed by atoms with Gasteiger partial charge in [0, 0.05) is 40.1 Å². The second-order valence-electron chi connectivity index (χ2n) is 3.46. The maximum Gasteiger partial charge on any atom is 0.241 e. The van der Waals surface area contributed by atoms with Crippen LogP contribution in [-0.4, -0.2) is 0 Å². The van der Waals surface area contributed by atoms with Crippen molar-refractivity contribution in [1.82, 2.24) is 0 Å². The van der Waals surface area contributed by atoms with Crippen LogP contribution >= 0.6 is 22.6 Å².